The van der Waals surface area contributed by atoms with Crippen LogP contribution in [0.5, 0.6) is 0 Å². The molecule has 10 heteroatoms. The number of hydrogen-bond acceptors (Lipinski definition) is 7. The molecule has 1 saturated carbocycles. The van der Waals surface area contributed by atoms with Crippen molar-refractivity contribution >= 4 is 57.7 Å². The normalized spacial score (nSPS) is 27.3. The second-order valence-corrected chi connectivity index (χ2v) is 10.6. The average Bonchev–Trinajstić information content (AvgIpc) is 3.46. The number of thiazole rings is 1. The molecule has 3 unspecified atom stereocenters. The summed E-state index contributed by atoms with van der Waals surface area (Å²) in [6, 6.07) is 5.03. The molecular weight excluding hydrogens is 473 g/mol. The Morgan fingerprint density at radius 2 is 2.09 bits per heavy atom. The van der Waals surface area contributed by atoms with Crippen molar-refractivity contribution in [3.05, 3.63) is 44.3 Å². The van der Waals surface area contributed by atoms with Crippen LogP contribution in [-0.4, -0.2) is 65.7 Å². The van der Waals surface area contributed by atoms with Crippen LogP contribution >= 0.6 is 34.5 Å². The summed E-state index contributed by atoms with van der Waals surface area (Å²) < 4.78 is 6.09. The first-order chi connectivity index (χ1) is 15.3. The number of likely N-dealkylation sites (tertiary alicyclic amines) is 1. The first-order valence-corrected chi connectivity index (χ1v) is 12.0. The van der Waals surface area contributed by atoms with Gasteiger partial charge in [-0.05, 0) is 43.7 Å². The zero-order chi connectivity index (χ0) is 22.6. The number of rotatable bonds is 5. The van der Waals surface area contributed by atoms with Crippen molar-refractivity contribution in [1.82, 2.24) is 9.88 Å². The van der Waals surface area contributed by atoms with Gasteiger partial charge < -0.3 is 9.64 Å². The lowest BCUT2D eigenvalue weighted by molar-refractivity contribution is -0.164. The predicted molar refractivity (Wildman–Crippen MR) is 122 cm³/mol. The standard InChI is InChI=1S/C22H21Cl2N3O4S/c1-2-31-21-18(19(29)20(21)30)26-6-5-22(10-26)11-27(14-4-3-12(23)7-13(14)22)17(28)8-16-25-9-15(24)32-16/h3-4,7,9,18,21H,2,5-6,8,10-11H2,1H3. The number of Topliss-reactive ketones (excluding diaryl/α,β-unsaturated/α-hetero) is 2. The van der Waals surface area contributed by atoms with Gasteiger partial charge in [-0.2, -0.15) is 0 Å². The smallest absolute Gasteiger partial charge is 0.233 e. The molecule has 1 aliphatic carbocycles. The Labute approximate surface area is 199 Å². The Hall–Kier alpha value is -1.84. The molecule has 1 spiro atoms. The number of benzene rings is 1. The van der Waals surface area contributed by atoms with Crippen molar-refractivity contribution < 1.29 is 19.1 Å². The van der Waals surface area contributed by atoms with Crippen LogP contribution in [0.25, 0.3) is 0 Å². The van der Waals surface area contributed by atoms with E-state index in [1.807, 2.05) is 24.0 Å². The summed E-state index contributed by atoms with van der Waals surface area (Å²) >= 11 is 13.6. The number of carbonyl (C=O) groups excluding carboxylic acids is 3. The molecule has 0 radical (unpaired) electrons. The SMILES string of the molecule is CCOC1C(=O)C(=O)C1N1CCC2(CN(C(=O)Cc3ncc(Cl)s3)c3ccc(Cl)cc32)C1. The van der Waals surface area contributed by atoms with Gasteiger partial charge in [-0.1, -0.05) is 23.2 Å². The van der Waals surface area contributed by atoms with E-state index in [4.69, 9.17) is 27.9 Å². The first-order valence-electron chi connectivity index (χ1n) is 10.5. The van der Waals surface area contributed by atoms with E-state index in [1.54, 1.807) is 17.2 Å². The van der Waals surface area contributed by atoms with Gasteiger partial charge in [-0.15, -0.1) is 11.3 Å². The van der Waals surface area contributed by atoms with E-state index in [1.165, 1.54) is 11.3 Å². The number of fused-ring (bicyclic) bond motifs is 2. The third-order valence-corrected chi connectivity index (χ3v) is 7.94. The number of ketones is 2. The monoisotopic (exact) mass is 493 g/mol. The number of hydrogen-bond donors (Lipinski definition) is 0. The molecule has 3 heterocycles. The molecule has 1 aromatic heterocycles. The molecule has 0 bridgehead atoms. The minimum absolute atomic E-state index is 0.0583. The molecule has 3 aliphatic rings. The molecule has 0 N–H and O–H groups in total. The van der Waals surface area contributed by atoms with Gasteiger partial charge in [0.15, 0.2) is 0 Å². The molecule has 32 heavy (non-hydrogen) atoms. The van der Waals surface area contributed by atoms with Gasteiger partial charge in [0.2, 0.25) is 17.5 Å². The maximum Gasteiger partial charge on any atom is 0.233 e. The number of nitrogens with zero attached hydrogens (tertiary/aromatic N) is 3. The fourth-order valence-electron chi connectivity index (χ4n) is 5.12. The van der Waals surface area contributed by atoms with Crippen molar-refractivity contribution in [3.8, 4) is 0 Å². The van der Waals surface area contributed by atoms with E-state index in [2.05, 4.69) is 4.98 Å². The largest absolute Gasteiger partial charge is 0.368 e. The second kappa shape index (κ2) is 8.18. The van der Waals surface area contributed by atoms with Crippen LogP contribution in [0.2, 0.25) is 9.36 Å². The summed E-state index contributed by atoms with van der Waals surface area (Å²) in [6.45, 7) is 3.88. The van der Waals surface area contributed by atoms with Gasteiger partial charge in [0.05, 0.1) is 12.6 Å². The zero-order valence-corrected chi connectivity index (χ0v) is 19.7. The van der Waals surface area contributed by atoms with Crippen molar-refractivity contribution in [2.75, 3.05) is 31.1 Å². The third kappa shape index (κ3) is 3.49. The van der Waals surface area contributed by atoms with E-state index in [9.17, 15) is 14.4 Å². The van der Waals surface area contributed by atoms with Gasteiger partial charge in [-0.3, -0.25) is 19.3 Å². The lowest BCUT2D eigenvalue weighted by Crippen LogP contribution is -2.66. The topological polar surface area (TPSA) is 79.8 Å². The van der Waals surface area contributed by atoms with Crippen LogP contribution in [-0.2, 0) is 31.0 Å². The Morgan fingerprint density at radius 1 is 1.28 bits per heavy atom. The highest BCUT2D eigenvalue weighted by molar-refractivity contribution is 7.15. The molecule has 7 nitrogen and oxygen atoms in total. The molecule has 1 aromatic carbocycles. The van der Waals surface area contributed by atoms with Crippen molar-refractivity contribution in [2.45, 2.75) is 37.3 Å². The molecule has 1 amide bonds. The van der Waals surface area contributed by atoms with Gasteiger partial charge in [0, 0.05) is 35.8 Å². The van der Waals surface area contributed by atoms with E-state index in [0.717, 1.165) is 17.7 Å². The first kappa shape index (κ1) is 22.0. The molecule has 5 rings (SSSR count). The van der Waals surface area contributed by atoms with Gasteiger partial charge in [-0.25, -0.2) is 4.98 Å². The Balaban J connectivity index is 1.41. The molecule has 168 valence electrons. The van der Waals surface area contributed by atoms with Crippen LogP contribution in [0.15, 0.2) is 24.4 Å². The fourth-order valence-corrected chi connectivity index (χ4v) is 6.24. The minimum atomic E-state index is -0.699. The lowest BCUT2D eigenvalue weighted by Gasteiger charge is -2.39. The summed E-state index contributed by atoms with van der Waals surface area (Å²) in [7, 11) is 0. The predicted octanol–water partition coefficient (Wildman–Crippen LogP) is 2.91. The molecule has 2 fully saturated rings. The summed E-state index contributed by atoms with van der Waals surface area (Å²) in [5, 5.41) is 1.27. The number of amides is 1. The molecule has 2 aliphatic heterocycles. The average molecular weight is 494 g/mol. The number of anilines is 1. The van der Waals surface area contributed by atoms with Gasteiger partial charge in [0.25, 0.3) is 0 Å². The summed E-state index contributed by atoms with van der Waals surface area (Å²) in [5.41, 5.74) is 1.48. The zero-order valence-electron chi connectivity index (χ0n) is 17.3. The number of aromatic nitrogens is 1. The highest BCUT2D eigenvalue weighted by Gasteiger charge is 2.58. The minimum Gasteiger partial charge on any atom is -0.368 e. The van der Waals surface area contributed by atoms with E-state index in [-0.39, 0.29) is 17.7 Å². The number of ether oxygens (including phenoxy) is 1. The van der Waals surface area contributed by atoms with E-state index < -0.39 is 23.7 Å². The molecule has 1 saturated heterocycles. The summed E-state index contributed by atoms with van der Waals surface area (Å²) in [4.78, 5) is 45.6. The van der Waals surface area contributed by atoms with Crippen LogP contribution in [0.3, 0.4) is 0 Å². The highest BCUT2D eigenvalue weighted by Crippen LogP contribution is 2.48. The van der Waals surface area contributed by atoms with Gasteiger partial charge in [0.1, 0.15) is 21.5 Å². The van der Waals surface area contributed by atoms with Crippen LogP contribution in [0.1, 0.15) is 23.9 Å². The summed E-state index contributed by atoms with van der Waals surface area (Å²) in [6.07, 6.45) is 1.77. The van der Waals surface area contributed by atoms with Crippen LogP contribution in [0.4, 0.5) is 5.69 Å². The maximum atomic E-state index is 13.2. The van der Waals surface area contributed by atoms with Crippen molar-refractivity contribution in [2.24, 2.45) is 0 Å². The van der Waals surface area contributed by atoms with Crippen molar-refractivity contribution in [3.63, 3.8) is 0 Å². The quantitative estimate of drug-likeness (QED) is 0.595. The summed E-state index contributed by atoms with van der Waals surface area (Å²) in [5.74, 6) is -0.901. The lowest BCUT2D eigenvalue weighted by atomic mass is 9.80. The Morgan fingerprint density at radius 3 is 2.81 bits per heavy atom. The third-order valence-electron chi connectivity index (χ3n) is 6.59. The van der Waals surface area contributed by atoms with E-state index >= 15 is 0 Å². The Bertz CT molecular complexity index is 1120. The van der Waals surface area contributed by atoms with Crippen molar-refractivity contribution in [1.29, 1.82) is 0 Å². The second-order valence-electron chi connectivity index (χ2n) is 8.43. The van der Waals surface area contributed by atoms with Crippen LogP contribution < -0.4 is 4.90 Å². The fraction of sp³-hybridized carbons (Fsp3) is 0.455. The van der Waals surface area contributed by atoms with Crippen LogP contribution in [0, 0.1) is 0 Å². The molecular formula is C22H21Cl2N3O4S. The molecule has 2 aromatic rings. The highest BCUT2D eigenvalue weighted by atomic mass is 35.5. The molecule has 3 atom stereocenters. The van der Waals surface area contributed by atoms with Gasteiger partial charge >= 0.3 is 0 Å². The number of carbonyl (C=O) groups is 3. The Kier molecular flexibility index (Phi) is 5.62. The number of halogens is 2. The van der Waals surface area contributed by atoms with E-state index in [0.29, 0.717) is 40.6 Å². The maximum absolute atomic E-state index is 13.2.